The second-order valence-electron chi connectivity index (χ2n) is 6.33. The first-order valence-electron chi connectivity index (χ1n) is 8.71. The Kier molecular flexibility index (Phi) is 4.72. The number of rotatable bonds is 5. The van der Waals surface area contributed by atoms with Crippen LogP contribution in [0, 0.1) is 0 Å². The fraction of sp³-hybridized carbons (Fsp3) is 0.143. The van der Waals surface area contributed by atoms with Crippen LogP contribution in [0.3, 0.4) is 0 Å². The van der Waals surface area contributed by atoms with Crippen molar-refractivity contribution in [1.29, 1.82) is 0 Å². The quantitative estimate of drug-likeness (QED) is 0.502. The zero-order valence-corrected chi connectivity index (χ0v) is 14.8. The van der Waals surface area contributed by atoms with E-state index in [2.05, 4.69) is 5.16 Å². The van der Waals surface area contributed by atoms with Gasteiger partial charge in [-0.3, -0.25) is 19.3 Å². The molecule has 0 unspecified atom stereocenters. The Morgan fingerprint density at radius 1 is 1.07 bits per heavy atom. The highest BCUT2D eigenvalue weighted by atomic mass is 16.5. The molecule has 0 aliphatic carbocycles. The fourth-order valence-corrected chi connectivity index (χ4v) is 3.01. The first-order chi connectivity index (χ1) is 13.6. The summed E-state index contributed by atoms with van der Waals surface area (Å²) in [6.45, 7) is -0.544. The van der Waals surface area contributed by atoms with Crippen molar-refractivity contribution in [2.45, 2.75) is 13.0 Å². The second kappa shape index (κ2) is 7.48. The molecular formula is C21H16N2O5. The van der Waals surface area contributed by atoms with Gasteiger partial charge in [0.25, 0.3) is 5.91 Å². The molecule has 1 aliphatic rings. The number of hydrogen-bond donors (Lipinski definition) is 0. The lowest BCUT2D eigenvalue weighted by Crippen LogP contribution is -2.45. The summed E-state index contributed by atoms with van der Waals surface area (Å²) in [5.74, 6) is -1.04. The average molecular weight is 376 g/mol. The van der Waals surface area contributed by atoms with E-state index in [0.717, 1.165) is 10.5 Å². The fourth-order valence-electron chi connectivity index (χ4n) is 3.01. The molecule has 0 saturated heterocycles. The van der Waals surface area contributed by atoms with Gasteiger partial charge in [-0.1, -0.05) is 53.7 Å². The smallest absolute Gasteiger partial charge is 0.326 e. The number of carbonyl (C=O) groups is 3. The van der Waals surface area contributed by atoms with E-state index in [-0.39, 0.29) is 13.0 Å². The Bertz CT molecular complexity index is 1040. The van der Waals surface area contributed by atoms with Crippen LogP contribution in [0.2, 0.25) is 0 Å². The van der Waals surface area contributed by atoms with Gasteiger partial charge in [0, 0.05) is 17.2 Å². The van der Waals surface area contributed by atoms with Gasteiger partial charge in [0.05, 0.1) is 6.42 Å². The standard InChI is InChI=1S/C21H16N2O5/c24-19-10-15-8-4-5-9-17(15)21(26)23(19)12-20(25)27-13-16-11-18(28-22-16)14-6-2-1-3-7-14/h1-9,11H,10,12-13H2. The van der Waals surface area contributed by atoms with E-state index in [1.165, 1.54) is 0 Å². The van der Waals surface area contributed by atoms with Crippen molar-refractivity contribution in [2.24, 2.45) is 0 Å². The van der Waals surface area contributed by atoms with E-state index in [1.54, 1.807) is 30.3 Å². The molecule has 28 heavy (non-hydrogen) atoms. The molecule has 0 radical (unpaired) electrons. The summed E-state index contributed by atoms with van der Waals surface area (Å²) in [5.41, 5.74) is 2.39. The third kappa shape index (κ3) is 3.55. The third-order valence-electron chi connectivity index (χ3n) is 4.42. The number of amides is 2. The Hall–Kier alpha value is -3.74. The van der Waals surface area contributed by atoms with Crippen LogP contribution in [0.5, 0.6) is 0 Å². The molecule has 140 valence electrons. The maximum Gasteiger partial charge on any atom is 0.326 e. The third-order valence-corrected chi connectivity index (χ3v) is 4.42. The maximum atomic E-state index is 12.5. The van der Waals surface area contributed by atoms with Crippen LogP contribution < -0.4 is 0 Å². The molecule has 2 heterocycles. The minimum absolute atomic E-state index is 0.0823. The number of benzene rings is 2. The van der Waals surface area contributed by atoms with Gasteiger partial charge in [-0.25, -0.2) is 0 Å². The predicted molar refractivity (Wildman–Crippen MR) is 97.9 cm³/mol. The van der Waals surface area contributed by atoms with Crippen molar-refractivity contribution in [3.8, 4) is 11.3 Å². The van der Waals surface area contributed by atoms with Crippen LogP contribution in [0.15, 0.2) is 65.2 Å². The van der Waals surface area contributed by atoms with E-state index in [1.807, 2.05) is 30.3 Å². The minimum Gasteiger partial charge on any atom is -0.458 e. The van der Waals surface area contributed by atoms with Gasteiger partial charge >= 0.3 is 5.97 Å². The Morgan fingerprint density at radius 2 is 1.82 bits per heavy atom. The van der Waals surface area contributed by atoms with E-state index in [9.17, 15) is 14.4 Å². The zero-order valence-electron chi connectivity index (χ0n) is 14.8. The minimum atomic E-state index is -0.689. The van der Waals surface area contributed by atoms with Gasteiger partial charge in [-0.15, -0.1) is 0 Å². The van der Waals surface area contributed by atoms with Crippen molar-refractivity contribution in [3.63, 3.8) is 0 Å². The van der Waals surface area contributed by atoms with Crippen LogP contribution in [-0.4, -0.2) is 34.4 Å². The second-order valence-corrected chi connectivity index (χ2v) is 6.33. The highest BCUT2D eigenvalue weighted by Crippen LogP contribution is 2.21. The SMILES string of the molecule is O=C(CN1C(=O)Cc2ccccc2C1=O)OCc1cc(-c2ccccc2)on1. The summed E-state index contributed by atoms with van der Waals surface area (Å²) in [6, 6.07) is 17.9. The molecule has 7 heteroatoms. The summed E-state index contributed by atoms with van der Waals surface area (Å²) < 4.78 is 10.4. The van der Waals surface area contributed by atoms with E-state index >= 15 is 0 Å². The highest BCUT2D eigenvalue weighted by molar-refractivity contribution is 6.11. The molecule has 0 fully saturated rings. The molecule has 0 bridgehead atoms. The molecule has 1 aromatic heterocycles. The number of ether oxygens (including phenoxy) is 1. The molecule has 7 nitrogen and oxygen atoms in total. The number of hydrogen-bond acceptors (Lipinski definition) is 6. The number of carbonyl (C=O) groups excluding carboxylic acids is 3. The summed E-state index contributed by atoms with van der Waals surface area (Å²) in [7, 11) is 0. The monoisotopic (exact) mass is 376 g/mol. The lowest BCUT2D eigenvalue weighted by atomic mass is 9.98. The van der Waals surface area contributed by atoms with E-state index in [0.29, 0.717) is 22.6 Å². The molecule has 3 aromatic rings. The summed E-state index contributed by atoms with van der Waals surface area (Å²) in [4.78, 5) is 37.7. The highest BCUT2D eigenvalue weighted by Gasteiger charge is 2.32. The molecule has 0 saturated carbocycles. The van der Waals surface area contributed by atoms with E-state index in [4.69, 9.17) is 9.26 Å². The number of esters is 1. The van der Waals surface area contributed by atoms with Crippen molar-refractivity contribution >= 4 is 17.8 Å². The molecule has 0 N–H and O–H groups in total. The van der Waals surface area contributed by atoms with Gasteiger partial charge in [0.1, 0.15) is 18.8 Å². The molecular weight excluding hydrogens is 360 g/mol. The zero-order chi connectivity index (χ0) is 19.5. The van der Waals surface area contributed by atoms with Crippen LogP contribution in [0.1, 0.15) is 21.6 Å². The average Bonchev–Trinajstić information content (AvgIpc) is 3.19. The maximum absolute atomic E-state index is 12.5. The summed E-state index contributed by atoms with van der Waals surface area (Å²) >= 11 is 0. The van der Waals surface area contributed by atoms with Gasteiger partial charge in [-0.05, 0) is 11.6 Å². The van der Waals surface area contributed by atoms with Crippen molar-refractivity contribution in [1.82, 2.24) is 10.1 Å². The molecule has 2 amide bonds. The number of imide groups is 1. The Balaban J connectivity index is 1.37. The van der Waals surface area contributed by atoms with Gasteiger partial charge in [-0.2, -0.15) is 0 Å². The molecule has 0 atom stereocenters. The predicted octanol–water partition coefficient (Wildman–Crippen LogP) is 2.61. The molecule has 2 aromatic carbocycles. The summed E-state index contributed by atoms with van der Waals surface area (Å²) in [6.07, 6.45) is 0.0823. The first-order valence-corrected chi connectivity index (χ1v) is 8.71. The lowest BCUT2D eigenvalue weighted by Gasteiger charge is -2.25. The molecule has 1 aliphatic heterocycles. The van der Waals surface area contributed by atoms with Crippen molar-refractivity contribution < 1.29 is 23.6 Å². The van der Waals surface area contributed by atoms with Crippen LogP contribution in [0.25, 0.3) is 11.3 Å². The van der Waals surface area contributed by atoms with Gasteiger partial charge < -0.3 is 9.26 Å². The van der Waals surface area contributed by atoms with Gasteiger partial charge in [0.15, 0.2) is 5.76 Å². The lowest BCUT2D eigenvalue weighted by molar-refractivity contribution is -0.149. The van der Waals surface area contributed by atoms with Gasteiger partial charge in [0.2, 0.25) is 5.91 Å². The van der Waals surface area contributed by atoms with E-state index < -0.39 is 24.3 Å². The van der Waals surface area contributed by atoms with Crippen molar-refractivity contribution in [2.75, 3.05) is 6.54 Å². The largest absolute Gasteiger partial charge is 0.458 e. The van der Waals surface area contributed by atoms with Crippen LogP contribution in [0.4, 0.5) is 0 Å². The van der Waals surface area contributed by atoms with Crippen LogP contribution in [-0.2, 0) is 27.4 Å². The normalized spacial score (nSPS) is 13.4. The van der Waals surface area contributed by atoms with Crippen molar-refractivity contribution in [3.05, 3.63) is 77.5 Å². The first kappa shape index (κ1) is 17.7. The number of nitrogens with zero attached hydrogens (tertiary/aromatic N) is 2. The molecule has 4 rings (SSSR count). The topological polar surface area (TPSA) is 89.7 Å². The molecule has 0 spiro atoms. The summed E-state index contributed by atoms with van der Waals surface area (Å²) in [5, 5.41) is 3.87. The Labute approximate surface area is 160 Å². The Morgan fingerprint density at radius 3 is 2.64 bits per heavy atom. The number of fused-ring (bicyclic) bond motifs is 1. The van der Waals surface area contributed by atoms with Crippen LogP contribution >= 0.6 is 0 Å². The number of aromatic nitrogens is 1.